The summed E-state index contributed by atoms with van der Waals surface area (Å²) in [6.45, 7) is 7.46. The number of likely N-dealkylation sites (tertiary alicyclic amines) is 1. The van der Waals surface area contributed by atoms with Crippen LogP contribution >= 0.6 is 0 Å². The van der Waals surface area contributed by atoms with Crippen LogP contribution < -0.4 is 0 Å². The lowest BCUT2D eigenvalue weighted by Gasteiger charge is -2.29. The van der Waals surface area contributed by atoms with Gasteiger partial charge in [0, 0.05) is 23.9 Å². The molecule has 5 heteroatoms. The van der Waals surface area contributed by atoms with Gasteiger partial charge in [0.15, 0.2) is 5.78 Å². The maximum atomic E-state index is 13.3. The van der Waals surface area contributed by atoms with Crippen molar-refractivity contribution in [3.8, 4) is 0 Å². The van der Waals surface area contributed by atoms with Crippen molar-refractivity contribution in [2.75, 3.05) is 13.1 Å². The second-order valence-electron chi connectivity index (χ2n) is 8.92. The first-order chi connectivity index (χ1) is 14.9. The molecule has 2 aromatic rings. The Bertz CT molecular complexity index is 987. The number of ketones is 1. The van der Waals surface area contributed by atoms with Crippen LogP contribution in [-0.4, -0.2) is 35.8 Å². The summed E-state index contributed by atoms with van der Waals surface area (Å²) >= 11 is 0. The number of nitrogens with zero attached hydrogens (tertiary/aromatic N) is 1. The average Bonchev–Trinajstić information content (AvgIpc) is 3.30. The molecule has 2 aromatic carbocycles. The number of carbonyl (C=O) groups excluding carboxylic acids is 2. The van der Waals surface area contributed by atoms with Crippen LogP contribution in [0.25, 0.3) is 0 Å². The molecule has 0 saturated carbocycles. The maximum absolute atomic E-state index is 13.3. The summed E-state index contributed by atoms with van der Waals surface area (Å²) in [5, 5.41) is 0. The van der Waals surface area contributed by atoms with Crippen LogP contribution in [0.5, 0.6) is 0 Å². The molecule has 31 heavy (non-hydrogen) atoms. The van der Waals surface area contributed by atoms with Gasteiger partial charge in [-0.15, -0.1) is 0 Å². The summed E-state index contributed by atoms with van der Waals surface area (Å²) in [5.74, 6) is -0.479. The van der Waals surface area contributed by atoms with Gasteiger partial charge in [-0.3, -0.25) is 14.5 Å². The van der Waals surface area contributed by atoms with E-state index in [1.54, 1.807) is 12.1 Å². The maximum Gasteiger partial charge on any atom is 0.306 e. The van der Waals surface area contributed by atoms with Crippen molar-refractivity contribution >= 4 is 11.8 Å². The van der Waals surface area contributed by atoms with Crippen LogP contribution in [0.2, 0.25) is 0 Å². The monoisotopic (exact) mass is 423 g/mol. The van der Waals surface area contributed by atoms with Gasteiger partial charge in [-0.05, 0) is 68.1 Å². The number of hydrogen-bond donors (Lipinski definition) is 0. The van der Waals surface area contributed by atoms with Crippen LogP contribution in [0.3, 0.4) is 0 Å². The Balaban J connectivity index is 1.59. The Morgan fingerprint density at radius 3 is 2.61 bits per heavy atom. The summed E-state index contributed by atoms with van der Waals surface area (Å²) in [4.78, 5) is 27.5. The molecule has 0 radical (unpaired) electrons. The molecule has 0 bridgehead atoms. The smallest absolute Gasteiger partial charge is 0.306 e. The van der Waals surface area contributed by atoms with Crippen molar-refractivity contribution in [3.63, 3.8) is 0 Å². The van der Waals surface area contributed by atoms with Crippen LogP contribution in [-0.2, 0) is 14.9 Å². The number of esters is 1. The SMILES string of the molecule is CCC(=O)OC1CC2(CCN(C(CC)C(=O)c3ccc(F)cc3)C2)c2ccc(C)cc21. The Labute approximate surface area is 183 Å². The first-order valence-corrected chi connectivity index (χ1v) is 11.2. The van der Waals surface area contributed by atoms with Crippen molar-refractivity contribution in [2.24, 2.45) is 0 Å². The second-order valence-corrected chi connectivity index (χ2v) is 8.92. The lowest BCUT2D eigenvalue weighted by molar-refractivity contribution is -0.149. The van der Waals surface area contributed by atoms with Gasteiger partial charge in [0.1, 0.15) is 11.9 Å². The van der Waals surface area contributed by atoms with Crippen molar-refractivity contribution in [3.05, 3.63) is 70.5 Å². The normalized spacial score (nSPS) is 23.7. The minimum atomic E-state index is -0.338. The molecular weight excluding hydrogens is 393 g/mol. The Morgan fingerprint density at radius 2 is 1.94 bits per heavy atom. The highest BCUT2D eigenvalue weighted by atomic mass is 19.1. The van der Waals surface area contributed by atoms with E-state index in [2.05, 4.69) is 30.0 Å². The lowest BCUT2D eigenvalue weighted by Crippen LogP contribution is -2.41. The number of fused-ring (bicyclic) bond motifs is 2. The van der Waals surface area contributed by atoms with Gasteiger partial charge >= 0.3 is 5.97 Å². The summed E-state index contributed by atoms with van der Waals surface area (Å²) in [6, 6.07) is 12.0. The van der Waals surface area contributed by atoms with Crippen molar-refractivity contribution < 1.29 is 18.7 Å². The van der Waals surface area contributed by atoms with Gasteiger partial charge in [0.2, 0.25) is 0 Å². The van der Waals surface area contributed by atoms with Gasteiger partial charge in [-0.1, -0.05) is 37.6 Å². The number of ether oxygens (including phenoxy) is 1. The fourth-order valence-electron chi connectivity index (χ4n) is 5.33. The molecular formula is C26H30FNO3. The van der Waals surface area contributed by atoms with Gasteiger partial charge < -0.3 is 4.74 Å². The van der Waals surface area contributed by atoms with Gasteiger partial charge in [0.05, 0.1) is 6.04 Å². The van der Waals surface area contributed by atoms with E-state index in [1.807, 2.05) is 13.8 Å². The zero-order valence-corrected chi connectivity index (χ0v) is 18.5. The lowest BCUT2D eigenvalue weighted by atomic mass is 9.81. The van der Waals surface area contributed by atoms with E-state index in [0.717, 1.165) is 37.1 Å². The number of hydrogen-bond acceptors (Lipinski definition) is 4. The third-order valence-electron chi connectivity index (χ3n) is 6.91. The molecule has 1 heterocycles. The van der Waals surface area contributed by atoms with Crippen LogP contribution in [0, 0.1) is 12.7 Å². The zero-order valence-electron chi connectivity index (χ0n) is 18.5. The average molecular weight is 424 g/mol. The molecule has 0 N–H and O–H groups in total. The largest absolute Gasteiger partial charge is 0.457 e. The highest BCUT2D eigenvalue weighted by Crippen LogP contribution is 2.52. The van der Waals surface area contributed by atoms with E-state index in [1.165, 1.54) is 17.7 Å². The third-order valence-corrected chi connectivity index (χ3v) is 6.91. The molecule has 4 nitrogen and oxygen atoms in total. The molecule has 1 aliphatic heterocycles. The van der Waals surface area contributed by atoms with Gasteiger partial charge in [-0.25, -0.2) is 4.39 Å². The predicted molar refractivity (Wildman–Crippen MR) is 118 cm³/mol. The van der Waals surface area contributed by atoms with Crippen LogP contribution in [0.15, 0.2) is 42.5 Å². The highest BCUT2D eigenvalue weighted by Gasteiger charge is 2.50. The quantitative estimate of drug-likeness (QED) is 0.477. The Kier molecular flexibility index (Phi) is 5.98. The molecule has 1 saturated heterocycles. The Hall–Kier alpha value is -2.53. The first-order valence-electron chi connectivity index (χ1n) is 11.2. The second kappa shape index (κ2) is 8.54. The van der Waals surface area contributed by atoms with E-state index in [0.29, 0.717) is 18.4 Å². The number of benzene rings is 2. The molecule has 1 aliphatic carbocycles. The fourth-order valence-corrected chi connectivity index (χ4v) is 5.33. The number of carbonyl (C=O) groups is 2. The molecule has 0 aromatic heterocycles. The Morgan fingerprint density at radius 1 is 1.19 bits per heavy atom. The molecule has 1 fully saturated rings. The minimum Gasteiger partial charge on any atom is -0.457 e. The van der Waals surface area contributed by atoms with E-state index >= 15 is 0 Å². The first kappa shape index (κ1) is 21.7. The highest BCUT2D eigenvalue weighted by molar-refractivity contribution is 6.00. The third kappa shape index (κ3) is 4.03. The summed E-state index contributed by atoms with van der Waals surface area (Å²) in [5.41, 5.74) is 3.95. The van der Waals surface area contributed by atoms with Crippen molar-refractivity contribution in [1.29, 1.82) is 0 Å². The van der Waals surface area contributed by atoms with Crippen LogP contribution in [0.4, 0.5) is 4.39 Å². The van der Waals surface area contributed by atoms with Gasteiger partial charge in [0.25, 0.3) is 0 Å². The molecule has 2 aliphatic rings. The molecule has 164 valence electrons. The zero-order chi connectivity index (χ0) is 22.2. The molecule has 3 unspecified atom stereocenters. The number of Topliss-reactive ketones (excluding diaryl/α,β-unsaturated/α-hetero) is 1. The van der Waals surface area contributed by atoms with E-state index in [9.17, 15) is 14.0 Å². The molecule has 3 atom stereocenters. The standard InChI is InChI=1S/C26H30FNO3/c1-4-22(25(30)18-7-9-19(27)10-8-18)28-13-12-26(16-28)15-23(31-24(29)5-2)20-14-17(3)6-11-21(20)26/h6-11,14,22-23H,4-5,12-13,15-16H2,1-3H3. The molecule has 0 amide bonds. The van der Waals surface area contributed by atoms with Gasteiger partial charge in [-0.2, -0.15) is 0 Å². The molecule has 1 spiro atoms. The number of rotatable bonds is 6. The number of aryl methyl sites for hydroxylation is 1. The van der Waals surface area contributed by atoms with Crippen LogP contribution in [0.1, 0.15) is 72.7 Å². The van der Waals surface area contributed by atoms with E-state index < -0.39 is 0 Å². The summed E-state index contributed by atoms with van der Waals surface area (Å²) in [6.07, 6.45) is 2.52. The van der Waals surface area contributed by atoms with Crippen molar-refractivity contribution in [1.82, 2.24) is 4.90 Å². The predicted octanol–water partition coefficient (Wildman–Crippen LogP) is 5.14. The summed E-state index contributed by atoms with van der Waals surface area (Å²) in [7, 11) is 0. The van der Waals surface area contributed by atoms with E-state index in [-0.39, 0.29) is 35.1 Å². The fraction of sp³-hybridized carbons (Fsp3) is 0.462. The molecule has 4 rings (SSSR count). The summed E-state index contributed by atoms with van der Waals surface area (Å²) < 4.78 is 19.1. The van der Waals surface area contributed by atoms with Crippen molar-refractivity contribution in [2.45, 2.75) is 64.0 Å². The topological polar surface area (TPSA) is 46.6 Å². The minimum absolute atomic E-state index is 0.0376. The van der Waals surface area contributed by atoms with E-state index in [4.69, 9.17) is 4.74 Å². The number of halogens is 1.